The molecule has 0 saturated carbocycles. The smallest absolute Gasteiger partial charge is 0.306 e. The van der Waals surface area contributed by atoms with E-state index in [1.54, 1.807) is 0 Å². The first kappa shape index (κ1) is 59.6. The van der Waals surface area contributed by atoms with Crippen LogP contribution >= 0.6 is 0 Å². The van der Waals surface area contributed by atoms with Crippen LogP contribution in [0.2, 0.25) is 0 Å². The molecule has 0 heterocycles. The molecule has 3 atom stereocenters. The zero-order chi connectivity index (χ0) is 45.2. The number of carbonyl (C=O) groups excluding carboxylic acids is 2. The van der Waals surface area contributed by atoms with E-state index in [-0.39, 0.29) is 24.9 Å². The lowest BCUT2D eigenvalue weighted by Gasteiger charge is -2.24. The number of esters is 1. The van der Waals surface area contributed by atoms with Crippen LogP contribution in [0, 0.1) is 0 Å². The summed E-state index contributed by atoms with van der Waals surface area (Å²) in [6.45, 7) is 6.38. The minimum absolute atomic E-state index is 0.0503. The van der Waals surface area contributed by atoms with E-state index in [1.807, 2.05) is 36.5 Å². The fourth-order valence-electron chi connectivity index (χ4n) is 7.93. The van der Waals surface area contributed by atoms with Gasteiger partial charge in [0.05, 0.1) is 25.2 Å². The number of aliphatic hydroxyl groups excluding tert-OH is 2. The van der Waals surface area contributed by atoms with Crippen LogP contribution in [0.5, 0.6) is 0 Å². The van der Waals surface area contributed by atoms with Crippen LogP contribution in [0.25, 0.3) is 0 Å². The highest BCUT2D eigenvalue weighted by Gasteiger charge is 2.24. The summed E-state index contributed by atoms with van der Waals surface area (Å²) in [6.07, 6.45) is 61.4. The highest BCUT2D eigenvalue weighted by molar-refractivity contribution is 5.77. The lowest BCUT2D eigenvalue weighted by atomic mass is 10.0. The van der Waals surface area contributed by atoms with Gasteiger partial charge in [-0.15, -0.1) is 0 Å². The Kier molecular flexibility index (Phi) is 47.6. The van der Waals surface area contributed by atoms with Crippen LogP contribution < -0.4 is 5.32 Å². The van der Waals surface area contributed by atoms with Gasteiger partial charge in [0, 0.05) is 6.42 Å². The summed E-state index contributed by atoms with van der Waals surface area (Å²) < 4.78 is 5.93. The molecule has 0 aliphatic rings. The SMILES string of the molecule is CCC/C=C/C=C/C=C/C=C/C=C/CCCCCC(CC(=O)NC(CO)C(O)CCCCCCCCCCCC)OC(=O)CCCCCCCCCCCCCCCCCCC. The summed E-state index contributed by atoms with van der Waals surface area (Å²) >= 11 is 0. The summed E-state index contributed by atoms with van der Waals surface area (Å²) in [5, 5.41) is 23.7. The van der Waals surface area contributed by atoms with Crippen molar-refractivity contribution < 1.29 is 24.5 Å². The largest absolute Gasteiger partial charge is 0.462 e. The van der Waals surface area contributed by atoms with E-state index in [2.05, 4.69) is 50.4 Å². The summed E-state index contributed by atoms with van der Waals surface area (Å²) in [7, 11) is 0. The van der Waals surface area contributed by atoms with E-state index in [0.29, 0.717) is 19.3 Å². The van der Waals surface area contributed by atoms with E-state index in [1.165, 1.54) is 141 Å². The number of carbonyl (C=O) groups is 2. The molecule has 3 N–H and O–H groups in total. The second-order valence-electron chi connectivity index (χ2n) is 18.1. The number of rotatable bonds is 47. The third-order valence-corrected chi connectivity index (χ3v) is 12.0. The Morgan fingerprint density at radius 1 is 0.468 bits per heavy atom. The van der Waals surface area contributed by atoms with Gasteiger partial charge in [-0.25, -0.2) is 0 Å². The van der Waals surface area contributed by atoms with Crippen molar-refractivity contribution in [2.24, 2.45) is 0 Å². The van der Waals surface area contributed by atoms with E-state index in [9.17, 15) is 19.8 Å². The van der Waals surface area contributed by atoms with Gasteiger partial charge in [0.1, 0.15) is 6.10 Å². The summed E-state index contributed by atoms with van der Waals surface area (Å²) in [6, 6.07) is -0.715. The van der Waals surface area contributed by atoms with Crippen molar-refractivity contribution >= 4 is 11.9 Å². The standard InChI is InChI=1S/C56H101NO5/c1-4-7-10-13-16-19-22-24-26-28-30-32-34-37-40-43-46-49-56(61)62-52(47-44-41-38-35-33-31-29-27-25-23-20-17-14-11-8-5-2)50-55(60)57-53(51-58)54(59)48-45-42-39-36-21-18-15-12-9-6-3/h11,14,17,20,23,25,27,29,31,33,52-54,58-59H,4-10,12-13,15-16,18-19,21-22,24,26,28,30,32,34-51H2,1-3H3,(H,57,60)/b14-11+,20-17+,25-23+,29-27+,33-31+. The van der Waals surface area contributed by atoms with Gasteiger partial charge in [0.15, 0.2) is 0 Å². The molecule has 0 rings (SSSR count). The summed E-state index contributed by atoms with van der Waals surface area (Å²) in [4.78, 5) is 26.2. The first-order valence-electron chi connectivity index (χ1n) is 26.6. The number of hydrogen-bond donors (Lipinski definition) is 3. The predicted octanol–water partition coefficient (Wildman–Crippen LogP) is 16.0. The van der Waals surface area contributed by atoms with Crippen LogP contribution in [-0.4, -0.2) is 46.9 Å². The summed E-state index contributed by atoms with van der Waals surface area (Å²) in [5.41, 5.74) is 0. The van der Waals surface area contributed by atoms with E-state index in [0.717, 1.165) is 70.6 Å². The number of nitrogens with one attached hydrogen (secondary N) is 1. The highest BCUT2D eigenvalue weighted by atomic mass is 16.5. The highest BCUT2D eigenvalue weighted by Crippen LogP contribution is 2.18. The van der Waals surface area contributed by atoms with Gasteiger partial charge < -0.3 is 20.3 Å². The van der Waals surface area contributed by atoms with Crippen LogP contribution in [0.3, 0.4) is 0 Å². The van der Waals surface area contributed by atoms with E-state index >= 15 is 0 Å². The van der Waals surface area contributed by atoms with Crippen LogP contribution in [0.1, 0.15) is 258 Å². The quantitative estimate of drug-likeness (QED) is 0.0322. The Morgan fingerprint density at radius 2 is 0.855 bits per heavy atom. The van der Waals surface area contributed by atoms with Crippen LogP contribution in [0.15, 0.2) is 60.8 Å². The molecule has 0 fully saturated rings. The van der Waals surface area contributed by atoms with Crippen molar-refractivity contribution in [3.63, 3.8) is 0 Å². The maximum Gasteiger partial charge on any atom is 0.306 e. The second kappa shape index (κ2) is 49.6. The van der Waals surface area contributed by atoms with Crippen molar-refractivity contribution in [1.29, 1.82) is 0 Å². The minimum Gasteiger partial charge on any atom is -0.462 e. The summed E-state index contributed by atoms with van der Waals surface area (Å²) in [5.74, 6) is -0.510. The molecule has 6 heteroatoms. The Hall–Kier alpha value is -2.44. The molecule has 0 aromatic carbocycles. The molecule has 0 radical (unpaired) electrons. The molecule has 0 aliphatic carbocycles. The van der Waals surface area contributed by atoms with Gasteiger partial charge in [-0.3, -0.25) is 9.59 Å². The predicted molar refractivity (Wildman–Crippen MR) is 268 cm³/mol. The Labute approximate surface area is 384 Å². The molecule has 62 heavy (non-hydrogen) atoms. The van der Waals surface area contributed by atoms with Crippen molar-refractivity contribution in [2.75, 3.05) is 6.61 Å². The van der Waals surface area contributed by atoms with Crippen LogP contribution in [0.4, 0.5) is 0 Å². The fraction of sp³-hybridized carbons (Fsp3) is 0.786. The first-order valence-corrected chi connectivity index (χ1v) is 26.6. The maximum absolute atomic E-state index is 13.2. The van der Waals surface area contributed by atoms with Gasteiger partial charge in [-0.05, 0) is 44.9 Å². The monoisotopic (exact) mass is 868 g/mol. The Morgan fingerprint density at radius 3 is 1.31 bits per heavy atom. The molecular formula is C56H101NO5. The molecule has 0 saturated heterocycles. The molecule has 0 aliphatic heterocycles. The molecule has 0 bridgehead atoms. The third-order valence-electron chi connectivity index (χ3n) is 12.0. The van der Waals surface area contributed by atoms with E-state index in [4.69, 9.17) is 4.74 Å². The number of aliphatic hydroxyl groups is 2. The fourth-order valence-corrected chi connectivity index (χ4v) is 7.93. The van der Waals surface area contributed by atoms with Crippen molar-refractivity contribution in [3.05, 3.63) is 60.8 Å². The molecule has 360 valence electrons. The molecular weight excluding hydrogens is 767 g/mol. The minimum atomic E-state index is -0.799. The zero-order valence-electron chi connectivity index (χ0n) is 41.0. The second-order valence-corrected chi connectivity index (χ2v) is 18.1. The maximum atomic E-state index is 13.2. The number of amides is 1. The van der Waals surface area contributed by atoms with Gasteiger partial charge in [0.25, 0.3) is 0 Å². The van der Waals surface area contributed by atoms with Gasteiger partial charge >= 0.3 is 5.97 Å². The van der Waals surface area contributed by atoms with Crippen molar-refractivity contribution in [2.45, 2.75) is 277 Å². The Bertz CT molecular complexity index is 1110. The number of hydrogen-bond acceptors (Lipinski definition) is 5. The van der Waals surface area contributed by atoms with Crippen molar-refractivity contribution in [1.82, 2.24) is 5.32 Å². The number of allylic oxidation sites excluding steroid dienone is 10. The molecule has 0 aromatic rings. The zero-order valence-corrected chi connectivity index (χ0v) is 41.0. The molecule has 0 spiro atoms. The molecule has 0 aromatic heterocycles. The average molecular weight is 868 g/mol. The molecule has 6 nitrogen and oxygen atoms in total. The van der Waals surface area contributed by atoms with Gasteiger partial charge in [-0.2, -0.15) is 0 Å². The topological polar surface area (TPSA) is 95.9 Å². The third kappa shape index (κ3) is 44.2. The lowest BCUT2D eigenvalue weighted by molar-refractivity contribution is -0.151. The van der Waals surface area contributed by atoms with Crippen molar-refractivity contribution in [3.8, 4) is 0 Å². The first-order chi connectivity index (χ1) is 30.5. The number of unbranched alkanes of at least 4 members (excludes halogenated alkanes) is 29. The average Bonchev–Trinajstić information content (AvgIpc) is 3.26. The van der Waals surface area contributed by atoms with Gasteiger partial charge in [0.2, 0.25) is 5.91 Å². The van der Waals surface area contributed by atoms with Gasteiger partial charge in [-0.1, -0.05) is 261 Å². The van der Waals surface area contributed by atoms with E-state index < -0.39 is 18.2 Å². The molecule has 3 unspecified atom stereocenters. The Balaban J connectivity index is 4.64. The normalized spacial score (nSPS) is 13.7. The van der Waals surface area contributed by atoms with Crippen LogP contribution in [-0.2, 0) is 14.3 Å². The lowest BCUT2D eigenvalue weighted by Crippen LogP contribution is -2.46. The molecule has 1 amide bonds. The number of ether oxygens (including phenoxy) is 1.